The van der Waals surface area contributed by atoms with Crippen LogP contribution in [0.2, 0.25) is 10.0 Å². The second kappa shape index (κ2) is 8.39. The largest absolute Gasteiger partial charge is 0.331 e. The van der Waals surface area contributed by atoms with Gasteiger partial charge in [-0.15, -0.1) is 0 Å². The molecule has 3 aromatic rings. The number of rotatable bonds is 4. The highest BCUT2D eigenvalue weighted by Gasteiger charge is 2.08. The van der Waals surface area contributed by atoms with Gasteiger partial charge in [0.05, 0.1) is 17.3 Å². The van der Waals surface area contributed by atoms with Crippen LogP contribution in [0.5, 0.6) is 0 Å². The summed E-state index contributed by atoms with van der Waals surface area (Å²) in [5.74, 6) is 0.669. The first-order chi connectivity index (χ1) is 12.4. The normalized spacial score (nSPS) is 10.6. The van der Waals surface area contributed by atoms with Crippen LogP contribution in [0.1, 0.15) is 11.3 Å². The minimum absolute atomic E-state index is 0.422. The molecule has 0 atom stereocenters. The molecule has 0 fully saturated rings. The molecule has 0 radical (unpaired) electrons. The number of anilines is 2. The summed E-state index contributed by atoms with van der Waals surface area (Å²) < 4.78 is 2.81. The molecule has 8 heteroatoms. The molecule has 0 aliphatic rings. The minimum Gasteiger partial charge on any atom is -0.331 e. The summed E-state index contributed by atoms with van der Waals surface area (Å²) in [5.41, 5.74) is 2.87. The molecule has 0 spiro atoms. The number of hydrogen-bond acceptors (Lipinski definition) is 2. The average Bonchev–Trinajstić information content (AvgIpc) is 2.91. The standard InChI is InChI=1S/C18H15BrCl2N4S/c1-11-8-17(24-25(11)10-12-2-5-14(20)6-3-12)23-18(26)22-16-7-4-13(19)9-15(16)21/h2-9H,10H2,1H3,(H2,22,23,24,26). The first kappa shape index (κ1) is 19.2. The fourth-order valence-electron chi connectivity index (χ4n) is 2.35. The Labute approximate surface area is 175 Å². The Morgan fingerprint density at radius 1 is 1.12 bits per heavy atom. The lowest BCUT2D eigenvalue weighted by molar-refractivity contribution is 0.668. The molecule has 26 heavy (non-hydrogen) atoms. The summed E-state index contributed by atoms with van der Waals surface area (Å²) >= 11 is 20.9. The molecule has 134 valence electrons. The molecule has 0 amide bonds. The van der Waals surface area contributed by atoms with E-state index in [1.807, 2.05) is 54.1 Å². The van der Waals surface area contributed by atoms with Crippen LogP contribution in [0.3, 0.4) is 0 Å². The molecule has 2 N–H and O–H groups in total. The predicted molar refractivity (Wildman–Crippen MR) is 117 cm³/mol. The number of thiocarbonyl (C=S) groups is 1. The number of halogens is 3. The molecular formula is C18H15BrCl2N4S. The molecule has 1 aromatic heterocycles. The Kier molecular flexibility index (Phi) is 6.19. The Hall–Kier alpha value is -1.60. The van der Waals surface area contributed by atoms with Crippen molar-refractivity contribution >= 4 is 68.0 Å². The highest BCUT2D eigenvalue weighted by molar-refractivity contribution is 9.10. The van der Waals surface area contributed by atoms with Gasteiger partial charge in [-0.05, 0) is 55.0 Å². The summed E-state index contributed by atoms with van der Waals surface area (Å²) in [6, 6.07) is 15.2. The third-order valence-corrected chi connectivity index (χ3v) is 4.91. The molecule has 0 saturated carbocycles. The van der Waals surface area contributed by atoms with Crippen LogP contribution < -0.4 is 10.6 Å². The van der Waals surface area contributed by atoms with E-state index in [4.69, 9.17) is 35.4 Å². The minimum atomic E-state index is 0.422. The number of aryl methyl sites for hydroxylation is 1. The molecule has 3 rings (SSSR count). The van der Waals surface area contributed by atoms with Crippen LogP contribution >= 0.6 is 51.3 Å². The second-order valence-corrected chi connectivity index (χ2v) is 7.83. The lowest BCUT2D eigenvalue weighted by Crippen LogP contribution is -2.19. The van der Waals surface area contributed by atoms with Crippen molar-refractivity contribution in [1.82, 2.24) is 9.78 Å². The number of nitrogens with zero attached hydrogens (tertiary/aromatic N) is 2. The fraction of sp³-hybridized carbons (Fsp3) is 0.111. The lowest BCUT2D eigenvalue weighted by atomic mass is 10.2. The molecule has 0 unspecified atom stereocenters. The highest BCUT2D eigenvalue weighted by atomic mass is 79.9. The van der Waals surface area contributed by atoms with Crippen molar-refractivity contribution in [3.05, 3.63) is 74.3 Å². The van der Waals surface area contributed by atoms with E-state index in [2.05, 4.69) is 31.7 Å². The van der Waals surface area contributed by atoms with Crippen molar-refractivity contribution < 1.29 is 0 Å². The van der Waals surface area contributed by atoms with E-state index in [1.54, 1.807) is 6.07 Å². The van der Waals surface area contributed by atoms with Crippen molar-refractivity contribution in [2.45, 2.75) is 13.5 Å². The van der Waals surface area contributed by atoms with Crippen molar-refractivity contribution in [3.63, 3.8) is 0 Å². The Bertz CT molecular complexity index is 941. The molecule has 2 aromatic carbocycles. The Morgan fingerprint density at radius 2 is 1.85 bits per heavy atom. The predicted octanol–water partition coefficient (Wildman–Crippen LogP) is 6.12. The van der Waals surface area contributed by atoms with Gasteiger partial charge >= 0.3 is 0 Å². The average molecular weight is 470 g/mol. The molecule has 0 aliphatic heterocycles. The molecule has 4 nitrogen and oxygen atoms in total. The van der Waals surface area contributed by atoms with E-state index in [-0.39, 0.29) is 0 Å². The van der Waals surface area contributed by atoms with Crippen molar-refractivity contribution in [2.75, 3.05) is 10.6 Å². The van der Waals surface area contributed by atoms with Gasteiger partial charge in [-0.25, -0.2) is 0 Å². The van der Waals surface area contributed by atoms with Gasteiger partial charge in [0.1, 0.15) is 0 Å². The van der Waals surface area contributed by atoms with Crippen LogP contribution in [0.15, 0.2) is 53.0 Å². The van der Waals surface area contributed by atoms with Gasteiger partial charge in [-0.1, -0.05) is 51.3 Å². The summed E-state index contributed by atoms with van der Waals surface area (Å²) in [4.78, 5) is 0. The topological polar surface area (TPSA) is 41.9 Å². The van der Waals surface area contributed by atoms with Crippen LogP contribution in [-0.4, -0.2) is 14.9 Å². The number of hydrogen-bond donors (Lipinski definition) is 2. The summed E-state index contributed by atoms with van der Waals surface area (Å²) in [5, 5.41) is 12.4. The Balaban J connectivity index is 1.66. The first-order valence-electron chi connectivity index (χ1n) is 7.72. The molecule has 0 aliphatic carbocycles. The summed E-state index contributed by atoms with van der Waals surface area (Å²) in [7, 11) is 0. The van der Waals surface area contributed by atoms with Crippen molar-refractivity contribution in [3.8, 4) is 0 Å². The molecular weight excluding hydrogens is 455 g/mol. The smallest absolute Gasteiger partial charge is 0.176 e. The van der Waals surface area contributed by atoms with E-state index in [1.165, 1.54) is 0 Å². The Morgan fingerprint density at radius 3 is 2.54 bits per heavy atom. The SMILES string of the molecule is Cc1cc(NC(=S)Nc2ccc(Br)cc2Cl)nn1Cc1ccc(Cl)cc1. The van der Waals surface area contributed by atoms with E-state index >= 15 is 0 Å². The molecule has 1 heterocycles. The van der Waals surface area contributed by atoms with E-state index in [0.29, 0.717) is 22.5 Å². The number of aromatic nitrogens is 2. The maximum absolute atomic E-state index is 6.20. The van der Waals surface area contributed by atoms with Crippen LogP contribution in [0, 0.1) is 6.92 Å². The van der Waals surface area contributed by atoms with Gasteiger partial charge in [0.25, 0.3) is 0 Å². The first-order valence-corrected chi connectivity index (χ1v) is 9.68. The third kappa shape index (κ3) is 4.98. The highest BCUT2D eigenvalue weighted by Crippen LogP contribution is 2.25. The van der Waals surface area contributed by atoms with Crippen LogP contribution in [0.25, 0.3) is 0 Å². The number of nitrogens with one attached hydrogen (secondary N) is 2. The summed E-state index contributed by atoms with van der Waals surface area (Å²) in [6.45, 7) is 2.65. The van der Waals surface area contributed by atoms with Gasteiger partial charge in [-0.2, -0.15) is 5.10 Å². The van der Waals surface area contributed by atoms with Gasteiger partial charge in [0.2, 0.25) is 0 Å². The lowest BCUT2D eigenvalue weighted by Gasteiger charge is -2.10. The quantitative estimate of drug-likeness (QED) is 0.451. The molecule has 0 saturated heterocycles. The monoisotopic (exact) mass is 468 g/mol. The summed E-state index contributed by atoms with van der Waals surface area (Å²) in [6.07, 6.45) is 0. The van der Waals surface area contributed by atoms with E-state index < -0.39 is 0 Å². The third-order valence-electron chi connectivity index (χ3n) is 3.65. The van der Waals surface area contributed by atoms with Crippen molar-refractivity contribution in [2.24, 2.45) is 0 Å². The maximum atomic E-state index is 6.20. The van der Waals surface area contributed by atoms with Crippen molar-refractivity contribution in [1.29, 1.82) is 0 Å². The zero-order valence-electron chi connectivity index (χ0n) is 13.8. The fourth-order valence-corrected chi connectivity index (χ4v) is 3.42. The second-order valence-electron chi connectivity index (χ2n) is 5.66. The van der Waals surface area contributed by atoms with Gasteiger partial charge in [0.15, 0.2) is 10.9 Å². The zero-order valence-corrected chi connectivity index (χ0v) is 17.7. The van der Waals surface area contributed by atoms with Crippen LogP contribution in [0.4, 0.5) is 11.5 Å². The van der Waals surface area contributed by atoms with Gasteiger partial charge in [-0.3, -0.25) is 4.68 Å². The maximum Gasteiger partial charge on any atom is 0.176 e. The molecule has 0 bridgehead atoms. The zero-order chi connectivity index (χ0) is 18.7. The number of benzene rings is 2. The van der Waals surface area contributed by atoms with E-state index in [9.17, 15) is 0 Å². The van der Waals surface area contributed by atoms with Gasteiger partial charge < -0.3 is 10.6 Å². The van der Waals surface area contributed by atoms with Crippen LogP contribution in [-0.2, 0) is 6.54 Å². The van der Waals surface area contributed by atoms with E-state index in [0.717, 1.165) is 26.4 Å². The van der Waals surface area contributed by atoms with Gasteiger partial charge in [0, 0.05) is 21.3 Å².